The van der Waals surface area contributed by atoms with E-state index in [-0.39, 0.29) is 5.97 Å². The van der Waals surface area contributed by atoms with E-state index in [2.05, 4.69) is 4.99 Å². The van der Waals surface area contributed by atoms with Crippen molar-refractivity contribution in [3.8, 4) is 0 Å². The Morgan fingerprint density at radius 1 is 1.75 bits per heavy atom. The molecule has 0 N–H and O–H groups in total. The normalized spacial score (nSPS) is 15.2. The van der Waals surface area contributed by atoms with Gasteiger partial charge in [-0.25, -0.2) is 0 Å². The number of rotatable bonds is 4. The van der Waals surface area contributed by atoms with Gasteiger partial charge in [0.1, 0.15) is 6.61 Å². The van der Waals surface area contributed by atoms with E-state index >= 15 is 0 Å². The maximum atomic E-state index is 10.9. The van der Waals surface area contributed by atoms with Crippen LogP contribution in [0.15, 0.2) is 4.99 Å². The lowest BCUT2D eigenvalue weighted by atomic mass is 10.3. The highest BCUT2D eigenvalue weighted by Crippen LogP contribution is 2.02. The van der Waals surface area contributed by atoms with Gasteiger partial charge in [0.25, 0.3) is 0 Å². The third kappa shape index (κ3) is 2.90. The van der Waals surface area contributed by atoms with E-state index in [1.54, 1.807) is 6.92 Å². The van der Waals surface area contributed by atoms with Crippen LogP contribution in [0.4, 0.5) is 0 Å². The summed E-state index contributed by atoms with van der Waals surface area (Å²) in [4.78, 5) is 14.9. The molecule has 0 atom stereocenters. The van der Waals surface area contributed by atoms with Crippen LogP contribution in [0.1, 0.15) is 19.8 Å². The molecule has 0 amide bonds. The predicted molar refractivity (Wildman–Crippen MR) is 44.1 cm³/mol. The monoisotopic (exact) mass is 171 g/mol. The Hall–Kier alpha value is -1.06. The number of hydrogen-bond acceptors (Lipinski definition) is 4. The zero-order valence-corrected chi connectivity index (χ0v) is 7.21. The molecule has 1 heterocycles. The quantitative estimate of drug-likeness (QED) is 0.586. The molecule has 0 saturated heterocycles. The maximum Gasteiger partial charge on any atom is 0.306 e. The van der Waals surface area contributed by atoms with E-state index in [1.165, 1.54) is 0 Å². The van der Waals surface area contributed by atoms with Gasteiger partial charge in [0.2, 0.25) is 0 Å². The smallest absolute Gasteiger partial charge is 0.306 e. The van der Waals surface area contributed by atoms with Gasteiger partial charge in [-0.1, -0.05) is 0 Å². The van der Waals surface area contributed by atoms with Crippen LogP contribution < -0.4 is 0 Å². The minimum absolute atomic E-state index is 0.185. The van der Waals surface area contributed by atoms with Crippen LogP contribution in [-0.4, -0.2) is 31.6 Å². The Labute approximate surface area is 71.6 Å². The van der Waals surface area contributed by atoms with Gasteiger partial charge in [0.05, 0.1) is 19.6 Å². The fourth-order valence-corrected chi connectivity index (χ4v) is 0.973. The highest BCUT2D eigenvalue weighted by molar-refractivity contribution is 5.82. The first-order chi connectivity index (χ1) is 5.83. The Bertz CT molecular complexity index is 189. The first kappa shape index (κ1) is 9.03. The van der Waals surface area contributed by atoms with Crippen LogP contribution in [0.25, 0.3) is 0 Å². The fourth-order valence-electron chi connectivity index (χ4n) is 0.973. The molecule has 0 aliphatic carbocycles. The number of aliphatic imine (C=N–C) groups is 1. The molecular formula is C8H13NO3. The van der Waals surface area contributed by atoms with E-state index in [9.17, 15) is 4.79 Å². The SMILES string of the molecule is CCOC(=O)CCC1=NCCO1. The average Bonchev–Trinajstić information content (AvgIpc) is 2.53. The molecular weight excluding hydrogens is 158 g/mol. The molecule has 12 heavy (non-hydrogen) atoms. The van der Waals surface area contributed by atoms with Crippen LogP contribution in [0.2, 0.25) is 0 Å². The lowest BCUT2D eigenvalue weighted by Gasteiger charge is -2.01. The molecule has 0 radical (unpaired) electrons. The summed E-state index contributed by atoms with van der Waals surface area (Å²) >= 11 is 0. The molecule has 0 aromatic carbocycles. The number of carbonyl (C=O) groups is 1. The van der Waals surface area contributed by atoms with Crippen molar-refractivity contribution in [3.63, 3.8) is 0 Å². The molecule has 4 heteroatoms. The molecule has 68 valence electrons. The van der Waals surface area contributed by atoms with E-state index in [0.717, 1.165) is 6.54 Å². The second-order valence-corrected chi connectivity index (χ2v) is 2.43. The van der Waals surface area contributed by atoms with E-state index < -0.39 is 0 Å². The minimum atomic E-state index is -0.185. The van der Waals surface area contributed by atoms with Crippen molar-refractivity contribution in [2.24, 2.45) is 4.99 Å². The summed E-state index contributed by atoms with van der Waals surface area (Å²) in [6.45, 7) is 3.60. The average molecular weight is 171 g/mol. The molecule has 0 fully saturated rings. The summed E-state index contributed by atoms with van der Waals surface area (Å²) in [6, 6.07) is 0. The number of nitrogens with zero attached hydrogens (tertiary/aromatic N) is 1. The molecule has 1 aliphatic heterocycles. The summed E-state index contributed by atoms with van der Waals surface area (Å²) in [5.74, 6) is 0.499. The summed E-state index contributed by atoms with van der Waals surface area (Å²) in [7, 11) is 0. The third-order valence-corrected chi connectivity index (χ3v) is 1.50. The number of carbonyl (C=O) groups excluding carboxylic acids is 1. The standard InChI is InChI=1S/C8H13NO3/c1-2-11-8(10)4-3-7-9-5-6-12-7/h2-6H2,1H3. The molecule has 0 spiro atoms. The zero-order chi connectivity index (χ0) is 8.81. The van der Waals surface area contributed by atoms with Crippen molar-refractivity contribution in [2.45, 2.75) is 19.8 Å². The van der Waals surface area contributed by atoms with Crippen molar-refractivity contribution in [3.05, 3.63) is 0 Å². The second kappa shape index (κ2) is 4.74. The largest absolute Gasteiger partial charge is 0.479 e. The first-order valence-corrected chi connectivity index (χ1v) is 4.14. The molecule has 0 bridgehead atoms. The molecule has 0 unspecified atom stereocenters. The third-order valence-electron chi connectivity index (χ3n) is 1.50. The lowest BCUT2D eigenvalue weighted by molar-refractivity contribution is -0.142. The van der Waals surface area contributed by atoms with Gasteiger partial charge in [-0.05, 0) is 6.92 Å². The molecule has 0 saturated carbocycles. The van der Waals surface area contributed by atoms with Gasteiger partial charge < -0.3 is 9.47 Å². The van der Waals surface area contributed by atoms with Gasteiger partial charge in [0, 0.05) is 6.42 Å². The van der Waals surface area contributed by atoms with Crippen LogP contribution >= 0.6 is 0 Å². The minimum Gasteiger partial charge on any atom is -0.479 e. The van der Waals surface area contributed by atoms with Crippen LogP contribution in [0, 0.1) is 0 Å². The number of hydrogen-bond donors (Lipinski definition) is 0. The number of esters is 1. The van der Waals surface area contributed by atoms with E-state index in [4.69, 9.17) is 9.47 Å². The predicted octanol–water partition coefficient (Wildman–Crippen LogP) is 0.758. The van der Waals surface area contributed by atoms with Gasteiger partial charge in [-0.3, -0.25) is 9.79 Å². The van der Waals surface area contributed by atoms with Gasteiger partial charge in [0.15, 0.2) is 5.90 Å². The van der Waals surface area contributed by atoms with Crippen molar-refractivity contribution in [1.29, 1.82) is 0 Å². The van der Waals surface area contributed by atoms with Crippen molar-refractivity contribution in [2.75, 3.05) is 19.8 Å². The zero-order valence-electron chi connectivity index (χ0n) is 7.21. The first-order valence-electron chi connectivity index (χ1n) is 4.14. The van der Waals surface area contributed by atoms with Gasteiger partial charge >= 0.3 is 5.97 Å². The van der Waals surface area contributed by atoms with Crippen LogP contribution in [-0.2, 0) is 14.3 Å². The van der Waals surface area contributed by atoms with Crippen LogP contribution in [0.3, 0.4) is 0 Å². The topological polar surface area (TPSA) is 47.9 Å². The molecule has 1 rings (SSSR count). The molecule has 0 aromatic heterocycles. The summed E-state index contributed by atoms with van der Waals surface area (Å²) < 4.78 is 9.88. The fraction of sp³-hybridized carbons (Fsp3) is 0.750. The van der Waals surface area contributed by atoms with E-state index in [0.29, 0.717) is 32.0 Å². The van der Waals surface area contributed by atoms with Crippen molar-refractivity contribution in [1.82, 2.24) is 0 Å². The summed E-state index contributed by atoms with van der Waals surface area (Å²) in [5.41, 5.74) is 0. The van der Waals surface area contributed by atoms with Gasteiger partial charge in [-0.15, -0.1) is 0 Å². The van der Waals surface area contributed by atoms with Crippen LogP contribution in [0.5, 0.6) is 0 Å². The highest BCUT2D eigenvalue weighted by Gasteiger charge is 2.09. The Kier molecular flexibility index (Phi) is 3.57. The maximum absolute atomic E-state index is 10.9. The Morgan fingerprint density at radius 2 is 2.58 bits per heavy atom. The van der Waals surface area contributed by atoms with E-state index in [1.807, 2.05) is 0 Å². The molecule has 0 aromatic rings. The summed E-state index contributed by atoms with van der Waals surface area (Å²) in [6.07, 6.45) is 0.936. The summed E-state index contributed by atoms with van der Waals surface area (Å²) in [5, 5.41) is 0. The Morgan fingerprint density at radius 3 is 3.17 bits per heavy atom. The Balaban J connectivity index is 2.12. The second-order valence-electron chi connectivity index (χ2n) is 2.43. The molecule has 1 aliphatic rings. The van der Waals surface area contributed by atoms with Crippen molar-refractivity contribution < 1.29 is 14.3 Å². The molecule has 4 nitrogen and oxygen atoms in total. The number of ether oxygens (including phenoxy) is 2. The lowest BCUT2D eigenvalue weighted by Crippen LogP contribution is -2.07. The van der Waals surface area contributed by atoms with Crippen molar-refractivity contribution >= 4 is 11.9 Å². The van der Waals surface area contributed by atoms with Gasteiger partial charge in [-0.2, -0.15) is 0 Å². The highest BCUT2D eigenvalue weighted by atomic mass is 16.5.